The van der Waals surface area contributed by atoms with E-state index < -0.39 is 5.91 Å². The van der Waals surface area contributed by atoms with Gasteiger partial charge >= 0.3 is 0 Å². The van der Waals surface area contributed by atoms with Crippen molar-refractivity contribution in [3.8, 4) is 5.75 Å². The van der Waals surface area contributed by atoms with E-state index >= 15 is 0 Å². The molecule has 0 unspecified atom stereocenters. The van der Waals surface area contributed by atoms with E-state index in [1.807, 2.05) is 24.3 Å². The summed E-state index contributed by atoms with van der Waals surface area (Å²) in [4.78, 5) is 12.5. The molecule has 0 aliphatic rings. The number of benzene rings is 2. The van der Waals surface area contributed by atoms with Crippen molar-refractivity contribution in [3.05, 3.63) is 98.7 Å². The normalized spacial score (nSPS) is 10.8. The van der Waals surface area contributed by atoms with Crippen LogP contribution in [-0.2, 0) is 13.2 Å². The summed E-state index contributed by atoms with van der Waals surface area (Å²) >= 11 is 6.81. The second-order valence-electron chi connectivity index (χ2n) is 6.59. The van der Waals surface area contributed by atoms with Crippen LogP contribution in [0.2, 0.25) is 0 Å². The van der Waals surface area contributed by atoms with Crippen molar-refractivity contribution < 1.29 is 18.3 Å². The number of anilines is 1. The van der Waals surface area contributed by atoms with Gasteiger partial charge in [0.2, 0.25) is 0 Å². The van der Waals surface area contributed by atoms with Crippen LogP contribution in [0.1, 0.15) is 21.9 Å². The first-order chi connectivity index (χ1) is 15.0. The zero-order valence-electron chi connectivity index (χ0n) is 16.0. The van der Waals surface area contributed by atoms with Crippen molar-refractivity contribution in [1.82, 2.24) is 9.78 Å². The fourth-order valence-electron chi connectivity index (χ4n) is 2.80. The van der Waals surface area contributed by atoms with E-state index in [0.29, 0.717) is 28.3 Å². The molecule has 4 aromatic rings. The Morgan fingerprint density at radius 3 is 2.61 bits per heavy atom. The van der Waals surface area contributed by atoms with Gasteiger partial charge in [-0.25, -0.2) is 4.39 Å². The maximum Gasteiger partial charge on any atom is 0.292 e. The van der Waals surface area contributed by atoms with Gasteiger partial charge in [0, 0.05) is 6.20 Å². The number of aromatic nitrogens is 2. The van der Waals surface area contributed by atoms with Crippen molar-refractivity contribution in [2.45, 2.75) is 13.2 Å². The highest BCUT2D eigenvalue weighted by molar-refractivity contribution is 9.11. The van der Waals surface area contributed by atoms with Gasteiger partial charge in [-0.3, -0.25) is 9.48 Å². The molecule has 0 spiro atoms. The van der Waals surface area contributed by atoms with E-state index in [2.05, 4.69) is 42.3 Å². The Hall–Kier alpha value is -2.91. The summed E-state index contributed by atoms with van der Waals surface area (Å²) in [7, 11) is 0. The lowest BCUT2D eigenvalue weighted by Gasteiger charge is -2.06. The maximum atomic E-state index is 13.1. The maximum absolute atomic E-state index is 13.1. The summed E-state index contributed by atoms with van der Waals surface area (Å²) in [5.74, 6) is 0.973. The number of nitrogens with one attached hydrogen (secondary N) is 1. The van der Waals surface area contributed by atoms with Crippen molar-refractivity contribution >= 4 is 43.6 Å². The number of carbonyl (C=O) groups is 1. The Labute approximate surface area is 194 Å². The van der Waals surface area contributed by atoms with E-state index in [1.165, 1.54) is 12.1 Å². The summed E-state index contributed by atoms with van der Waals surface area (Å²) < 4.78 is 27.4. The molecule has 4 rings (SSSR count). The molecule has 0 bridgehead atoms. The summed E-state index contributed by atoms with van der Waals surface area (Å²) in [6, 6.07) is 16.9. The molecule has 31 heavy (non-hydrogen) atoms. The van der Waals surface area contributed by atoms with Gasteiger partial charge in [-0.2, -0.15) is 5.10 Å². The molecule has 158 valence electrons. The molecule has 2 heterocycles. The Kier molecular flexibility index (Phi) is 6.53. The van der Waals surface area contributed by atoms with E-state index in [1.54, 1.807) is 35.1 Å². The van der Waals surface area contributed by atoms with E-state index in [0.717, 1.165) is 10.0 Å². The van der Waals surface area contributed by atoms with Crippen LogP contribution in [0.5, 0.6) is 5.75 Å². The van der Waals surface area contributed by atoms with Gasteiger partial charge in [0.25, 0.3) is 5.91 Å². The molecule has 0 radical (unpaired) electrons. The Morgan fingerprint density at radius 2 is 1.84 bits per heavy atom. The highest BCUT2D eigenvalue weighted by atomic mass is 79.9. The summed E-state index contributed by atoms with van der Waals surface area (Å²) in [5.41, 5.74) is 0.884. The lowest BCUT2D eigenvalue weighted by Crippen LogP contribution is -2.12. The second-order valence-corrected chi connectivity index (χ2v) is 8.30. The number of para-hydroxylation sites is 1. The van der Waals surface area contributed by atoms with Gasteiger partial charge in [-0.1, -0.05) is 24.3 Å². The molecule has 0 fully saturated rings. The molecule has 1 amide bonds. The number of amides is 1. The molecule has 9 heteroatoms. The first-order valence-electron chi connectivity index (χ1n) is 9.23. The van der Waals surface area contributed by atoms with Gasteiger partial charge in [0.05, 0.1) is 15.5 Å². The van der Waals surface area contributed by atoms with Crippen molar-refractivity contribution in [1.29, 1.82) is 0 Å². The SMILES string of the molecule is O=C(Nc1nn(Cc2ccc(F)cc2)cc1Br)c1ccc(COc2ccccc2Br)o1. The Balaban J connectivity index is 1.38. The number of rotatable bonds is 7. The van der Waals surface area contributed by atoms with Gasteiger partial charge in [-0.15, -0.1) is 0 Å². The van der Waals surface area contributed by atoms with Crippen LogP contribution in [-0.4, -0.2) is 15.7 Å². The van der Waals surface area contributed by atoms with E-state index in [4.69, 9.17) is 9.15 Å². The van der Waals surface area contributed by atoms with Gasteiger partial charge < -0.3 is 14.5 Å². The number of carbonyl (C=O) groups excluding carboxylic acids is 1. The average Bonchev–Trinajstić information content (AvgIpc) is 3.36. The molecule has 0 saturated heterocycles. The van der Waals surface area contributed by atoms with Crippen LogP contribution in [0.4, 0.5) is 10.2 Å². The van der Waals surface area contributed by atoms with Crippen LogP contribution in [0, 0.1) is 5.82 Å². The van der Waals surface area contributed by atoms with Crippen molar-refractivity contribution in [2.24, 2.45) is 0 Å². The lowest BCUT2D eigenvalue weighted by atomic mass is 10.2. The highest BCUT2D eigenvalue weighted by Gasteiger charge is 2.16. The molecular weight excluding hydrogens is 533 g/mol. The number of halogens is 3. The molecule has 2 aromatic heterocycles. The predicted octanol–water partition coefficient (Wildman–Crippen LogP) is 6.02. The third-order valence-electron chi connectivity index (χ3n) is 4.30. The summed E-state index contributed by atoms with van der Waals surface area (Å²) in [6.45, 7) is 0.623. The molecule has 0 atom stereocenters. The third-order valence-corrected chi connectivity index (χ3v) is 5.53. The van der Waals surface area contributed by atoms with Crippen LogP contribution < -0.4 is 10.1 Å². The van der Waals surface area contributed by atoms with Crippen molar-refractivity contribution in [2.75, 3.05) is 5.32 Å². The van der Waals surface area contributed by atoms with Gasteiger partial charge in [-0.05, 0) is 73.8 Å². The molecule has 2 aromatic carbocycles. The highest BCUT2D eigenvalue weighted by Crippen LogP contribution is 2.25. The Bertz CT molecular complexity index is 1200. The summed E-state index contributed by atoms with van der Waals surface area (Å²) in [5, 5.41) is 7.08. The average molecular weight is 549 g/mol. The Morgan fingerprint density at radius 1 is 1.06 bits per heavy atom. The van der Waals surface area contributed by atoms with Crippen LogP contribution >= 0.6 is 31.9 Å². The number of ether oxygens (including phenoxy) is 1. The molecule has 1 N–H and O–H groups in total. The van der Waals surface area contributed by atoms with Crippen LogP contribution in [0.15, 0.2) is 80.2 Å². The zero-order valence-corrected chi connectivity index (χ0v) is 19.2. The molecule has 0 aliphatic carbocycles. The lowest BCUT2D eigenvalue weighted by molar-refractivity contribution is 0.0992. The first-order valence-corrected chi connectivity index (χ1v) is 10.8. The minimum absolute atomic E-state index is 0.144. The molecule has 6 nitrogen and oxygen atoms in total. The summed E-state index contributed by atoms with van der Waals surface area (Å²) in [6.07, 6.45) is 1.73. The van der Waals surface area contributed by atoms with Gasteiger partial charge in [0.15, 0.2) is 11.6 Å². The van der Waals surface area contributed by atoms with Crippen LogP contribution in [0.25, 0.3) is 0 Å². The number of hydrogen-bond donors (Lipinski definition) is 1. The van der Waals surface area contributed by atoms with Crippen molar-refractivity contribution in [3.63, 3.8) is 0 Å². The quantitative estimate of drug-likeness (QED) is 0.306. The molecular formula is C22H16Br2FN3O3. The standard InChI is InChI=1S/C22H16Br2FN3O3/c23-17-3-1-2-4-19(17)30-13-16-9-10-20(31-16)22(29)26-21-18(24)12-28(27-21)11-14-5-7-15(25)8-6-14/h1-10,12H,11,13H2,(H,26,27,29). The third kappa shape index (κ3) is 5.42. The molecule has 0 saturated carbocycles. The fraction of sp³-hybridized carbons (Fsp3) is 0.0909. The largest absolute Gasteiger partial charge is 0.484 e. The minimum Gasteiger partial charge on any atom is -0.484 e. The van der Waals surface area contributed by atoms with Crippen LogP contribution in [0.3, 0.4) is 0 Å². The predicted molar refractivity (Wildman–Crippen MR) is 121 cm³/mol. The monoisotopic (exact) mass is 547 g/mol. The number of nitrogens with zero attached hydrogens (tertiary/aromatic N) is 2. The first kappa shape index (κ1) is 21.3. The smallest absolute Gasteiger partial charge is 0.292 e. The van der Waals surface area contributed by atoms with E-state index in [9.17, 15) is 9.18 Å². The second kappa shape index (κ2) is 9.49. The zero-order chi connectivity index (χ0) is 21.8. The van der Waals surface area contributed by atoms with E-state index in [-0.39, 0.29) is 18.2 Å². The topological polar surface area (TPSA) is 69.3 Å². The molecule has 0 aliphatic heterocycles. The fourth-order valence-corrected chi connectivity index (χ4v) is 3.61. The van der Waals surface area contributed by atoms with Gasteiger partial charge in [0.1, 0.15) is 23.9 Å². The number of hydrogen-bond acceptors (Lipinski definition) is 4. The number of furan rings is 1. The minimum atomic E-state index is -0.431.